The average molecular weight is 577 g/mol. The topological polar surface area (TPSA) is 62.5 Å². The van der Waals surface area contributed by atoms with Crippen LogP contribution >= 0.6 is 0 Å². The van der Waals surface area contributed by atoms with Gasteiger partial charge in [0.25, 0.3) is 0 Å². The number of fused-ring (bicyclic) bond motifs is 4. The predicted octanol–water partition coefficient (Wildman–Crippen LogP) is 9.87. The Labute approximate surface area is 262 Å². The third-order valence-electron chi connectivity index (χ3n) is 8.98. The maximum atomic E-state index is 10.1. The Morgan fingerprint density at radius 2 is 1.09 bits per heavy atom. The number of hydrogen-bond donors (Lipinski definition) is 0. The fraction of sp³-hybridized carbons (Fsp3) is 0.0732. The lowest BCUT2D eigenvalue weighted by atomic mass is 9.82. The van der Waals surface area contributed by atoms with Crippen LogP contribution < -0.4 is 0 Å². The van der Waals surface area contributed by atoms with Gasteiger partial charge in [0.1, 0.15) is 0 Å². The molecule has 0 spiro atoms. The summed E-state index contributed by atoms with van der Waals surface area (Å²) in [6.45, 7) is 4.48. The molecular formula is C41H28N4. The van der Waals surface area contributed by atoms with Crippen LogP contribution in [0.3, 0.4) is 0 Å². The summed E-state index contributed by atoms with van der Waals surface area (Å²) < 4.78 is 0. The Kier molecular flexibility index (Phi) is 6.15. The summed E-state index contributed by atoms with van der Waals surface area (Å²) in [7, 11) is 0. The van der Waals surface area contributed by atoms with E-state index in [0.29, 0.717) is 23.0 Å². The predicted molar refractivity (Wildman–Crippen MR) is 181 cm³/mol. The van der Waals surface area contributed by atoms with Crippen molar-refractivity contribution in [3.05, 3.63) is 150 Å². The van der Waals surface area contributed by atoms with Crippen LogP contribution in [0.4, 0.5) is 0 Å². The molecule has 6 aromatic carbocycles. The van der Waals surface area contributed by atoms with Crippen LogP contribution in [-0.2, 0) is 5.41 Å². The SMILES string of the molecule is CC1(C)c2cccc(C#N)c2-c2c(-c3cccc(-c4nc(-c5ccccc5)nc(-c5cccc6ccccc56)n4)c3)cccc21. The Hall–Kier alpha value is -5.92. The smallest absolute Gasteiger partial charge is 0.164 e. The van der Waals surface area contributed by atoms with Gasteiger partial charge in [0, 0.05) is 27.7 Å². The van der Waals surface area contributed by atoms with Crippen LogP contribution in [0.25, 0.3) is 67.2 Å². The van der Waals surface area contributed by atoms with Crippen molar-refractivity contribution in [2.75, 3.05) is 0 Å². The first-order valence-corrected chi connectivity index (χ1v) is 15.1. The van der Waals surface area contributed by atoms with Gasteiger partial charge in [-0.25, -0.2) is 15.0 Å². The van der Waals surface area contributed by atoms with E-state index < -0.39 is 0 Å². The van der Waals surface area contributed by atoms with Crippen molar-refractivity contribution in [1.82, 2.24) is 15.0 Å². The molecule has 4 heteroatoms. The van der Waals surface area contributed by atoms with Crippen molar-refractivity contribution in [2.45, 2.75) is 19.3 Å². The molecule has 0 N–H and O–H groups in total. The van der Waals surface area contributed by atoms with Crippen molar-refractivity contribution in [1.29, 1.82) is 5.26 Å². The van der Waals surface area contributed by atoms with Crippen molar-refractivity contribution >= 4 is 10.8 Å². The van der Waals surface area contributed by atoms with Crippen LogP contribution in [0, 0.1) is 11.3 Å². The molecule has 0 saturated heterocycles. The summed E-state index contributed by atoms with van der Waals surface area (Å²) >= 11 is 0. The number of hydrogen-bond acceptors (Lipinski definition) is 4. The Balaban J connectivity index is 1.33. The number of rotatable bonds is 4. The second-order valence-corrected chi connectivity index (χ2v) is 12.0. The minimum absolute atomic E-state index is 0.211. The highest BCUT2D eigenvalue weighted by Crippen LogP contribution is 2.53. The lowest BCUT2D eigenvalue weighted by Crippen LogP contribution is -2.14. The summed E-state index contributed by atoms with van der Waals surface area (Å²) in [6, 6.07) is 48.0. The zero-order chi connectivity index (χ0) is 30.5. The van der Waals surface area contributed by atoms with Gasteiger partial charge in [-0.3, -0.25) is 0 Å². The molecule has 1 heterocycles. The molecule has 1 aliphatic rings. The lowest BCUT2D eigenvalue weighted by molar-refractivity contribution is 0.660. The molecule has 8 rings (SSSR count). The van der Waals surface area contributed by atoms with Crippen LogP contribution in [0.15, 0.2) is 133 Å². The highest BCUT2D eigenvalue weighted by Gasteiger charge is 2.38. The second kappa shape index (κ2) is 10.4. The highest BCUT2D eigenvalue weighted by molar-refractivity contribution is 5.96. The van der Waals surface area contributed by atoms with Crippen molar-refractivity contribution in [3.63, 3.8) is 0 Å². The normalized spacial score (nSPS) is 12.8. The van der Waals surface area contributed by atoms with Gasteiger partial charge in [-0.1, -0.05) is 135 Å². The van der Waals surface area contributed by atoms with Gasteiger partial charge >= 0.3 is 0 Å². The largest absolute Gasteiger partial charge is 0.208 e. The summed E-state index contributed by atoms with van der Waals surface area (Å²) in [6.07, 6.45) is 0. The summed E-state index contributed by atoms with van der Waals surface area (Å²) in [4.78, 5) is 15.1. The number of aromatic nitrogens is 3. The molecule has 4 nitrogen and oxygen atoms in total. The van der Waals surface area contributed by atoms with E-state index in [-0.39, 0.29) is 5.41 Å². The molecule has 1 aliphatic carbocycles. The Morgan fingerprint density at radius 3 is 1.91 bits per heavy atom. The third kappa shape index (κ3) is 4.32. The van der Waals surface area contributed by atoms with Crippen LogP contribution in [0.1, 0.15) is 30.5 Å². The van der Waals surface area contributed by atoms with Gasteiger partial charge in [0.2, 0.25) is 0 Å². The average Bonchev–Trinajstić information content (AvgIpc) is 3.34. The summed E-state index contributed by atoms with van der Waals surface area (Å²) in [5.41, 5.74) is 10.0. The second-order valence-electron chi connectivity index (χ2n) is 12.0. The molecule has 0 atom stereocenters. The molecule has 0 fully saturated rings. The van der Waals surface area contributed by atoms with Crippen LogP contribution in [0.2, 0.25) is 0 Å². The molecule has 1 aromatic heterocycles. The van der Waals surface area contributed by atoms with E-state index >= 15 is 0 Å². The zero-order valence-electron chi connectivity index (χ0n) is 25.0. The number of benzene rings is 6. The van der Waals surface area contributed by atoms with Crippen molar-refractivity contribution < 1.29 is 0 Å². The van der Waals surface area contributed by atoms with Crippen molar-refractivity contribution in [3.8, 4) is 62.5 Å². The van der Waals surface area contributed by atoms with Gasteiger partial charge in [-0.05, 0) is 50.7 Å². The highest BCUT2D eigenvalue weighted by atomic mass is 15.0. The van der Waals surface area contributed by atoms with Crippen molar-refractivity contribution in [2.24, 2.45) is 0 Å². The molecule has 7 aromatic rings. The van der Waals surface area contributed by atoms with E-state index in [2.05, 4.69) is 98.8 Å². The first kappa shape index (κ1) is 26.7. The number of nitrogens with zero attached hydrogens (tertiary/aromatic N) is 4. The lowest BCUT2D eigenvalue weighted by Gasteiger charge is -2.21. The minimum atomic E-state index is -0.211. The molecule has 212 valence electrons. The first-order chi connectivity index (χ1) is 22.0. The summed E-state index contributed by atoms with van der Waals surface area (Å²) in [5, 5.41) is 12.3. The third-order valence-corrected chi connectivity index (χ3v) is 8.98. The first-order valence-electron chi connectivity index (χ1n) is 15.1. The van der Waals surface area contributed by atoms with Gasteiger partial charge in [0.05, 0.1) is 11.6 Å². The van der Waals surface area contributed by atoms with E-state index in [9.17, 15) is 5.26 Å². The van der Waals surface area contributed by atoms with Gasteiger partial charge in [-0.15, -0.1) is 0 Å². The Bertz CT molecular complexity index is 2310. The molecule has 45 heavy (non-hydrogen) atoms. The van der Waals surface area contributed by atoms with Crippen LogP contribution in [0.5, 0.6) is 0 Å². The molecule has 0 radical (unpaired) electrons. The zero-order valence-corrected chi connectivity index (χ0v) is 25.0. The van der Waals surface area contributed by atoms with Gasteiger partial charge < -0.3 is 0 Å². The molecule has 0 aliphatic heterocycles. The minimum Gasteiger partial charge on any atom is -0.208 e. The quantitative estimate of drug-likeness (QED) is 0.209. The fourth-order valence-electron chi connectivity index (χ4n) is 6.75. The molecule has 0 unspecified atom stereocenters. The monoisotopic (exact) mass is 576 g/mol. The van der Waals surface area contributed by atoms with Crippen LogP contribution in [-0.4, -0.2) is 15.0 Å². The van der Waals surface area contributed by atoms with E-state index in [1.165, 1.54) is 11.1 Å². The summed E-state index contributed by atoms with van der Waals surface area (Å²) in [5.74, 6) is 1.87. The standard InChI is InChI=1S/C41H28N4/c1-41(2)34-22-10-18-30(25-42)36(34)37-32(20-11-23-35(37)41)28-16-8-17-29(24-28)39-43-38(27-13-4-3-5-14-27)44-40(45-39)33-21-9-15-26-12-6-7-19-31(26)33/h3-24H,1-2H3. The fourth-order valence-corrected chi connectivity index (χ4v) is 6.75. The maximum Gasteiger partial charge on any atom is 0.164 e. The molecule has 0 bridgehead atoms. The van der Waals surface area contributed by atoms with Gasteiger partial charge in [-0.2, -0.15) is 5.26 Å². The maximum absolute atomic E-state index is 10.1. The molecular weight excluding hydrogens is 548 g/mol. The van der Waals surface area contributed by atoms with E-state index in [1.807, 2.05) is 54.6 Å². The van der Waals surface area contributed by atoms with E-state index in [1.54, 1.807) is 0 Å². The molecule has 0 amide bonds. The van der Waals surface area contributed by atoms with E-state index in [4.69, 9.17) is 15.0 Å². The van der Waals surface area contributed by atoms with Gasteiger partial charge in [0.15, 0.2) is 17.5 Å². The number of nitriles is 1. The molecule has 0 saturated carbocycles. The van der Waals surface area contributed by atoms with E-state index in [0.717, 1.165) is 49.7 Å². The Morgan fingerprint density at radius 1 is 0.511 bits per heavy atom.